The summed E-state index contributed by atoms with van der Waals surface area (Å²) in [5.41, 5.74) is 47.7. The third-order valence-electron chi connectivity index (χ3n) is 30.4. The molecule has 0 N–H and O–H groups in total. The first-order valence-corrected chi connectivity index (χ1v) is 46.0. The van der Waals surface area contributed by atoms with Crippen LogP contribution in [0.1, 0.15) is 47.2 Å². The molecule has 0 amide bonds. The van der Waals surface area contributed by atoms with E-state index < -0.39 is 0 Å². The molecule has 606 valence electrons. The van der Waals surface area contributed by atoms with Crippen molar-refractivity contribution in [2.24, 2.45) is 0 Å². The van der Waals surface area contributed by atoms with Gasteiger partial charge in [-0.2, -0.15) is 0 Å². The lowest BCUT2D eigenvalue weighted by Crippen LogP contribution is -2.26. The van der Waals surface area contributed by atoms with Gasteiger partial charge in [-0.25, -0.2) is 0 Å². The monoisotopic (exact) mass is 1660 g/mol. The molecule has 0 radical (unpaired) electrons. The summed E-state index contributed by atoms with van der Waals surface area (Å²) in [7, 11) is 0. The number of nitrogens with zero attached hydrogens (tertiary/aromatic N) is 3. The first-order valence-electron chi connectivity index (χ1n) is 46.0. The number of hydrogen-bond acceptors (Lipinski definition) is 0. The Morgan fingerprint density at radius 1 is 0.168 bits per heavy atom. The Morgan fingerprint density at radius 3 is 0.939 bits per heavy atom. The first kappa shape index (κ1) is 72.4. The summed E-state index contributed by atoms with van der Waals surface area (Å²) < 4.78 is 7.57. The van der Waals surface area contributed by atoms with Gasteiger partial charge in [0.2, 0.25) is 0 Å². The SMILES string of the molecule is CC1(C)c2ccccc2-c2c1cc1ccccc1c2-n1c2cccc3c2c2c4c(cccc4ccc21)-c1ccccc1-3.c1ccc(-c2ccccc2-c2ccc(-n3c4cccc5c4c4c6c(cccc6ccc43)-c3ccccc3-5)cc2)cc1.c1ccc2c(c1)-c1cccc3ccc4c(c13)c1c-2cccc1n4-c1ccc2c(c1)C1(c3ccccc3-c3ccccc31)c1ccccc1-2. The lowest BCUT2D eigenvalue weighted by atomic mass is 9.70. The van der Waals surface area contributed by atoms with Gasteiger partial charge in [-0.05, 0) is 255 Å². The van der Waals surface area contributed by atoms with Crippen LogP contribution in [-0.2, 0) is 10.8 Å². The van der Waals surface area contributed by atoms with E-state index in [1.165, 1.54) is 281 Å². The van der Waals surface area contributed by atoms with Crippen LogP contribution in [0.15, 0.2) is 443 Å². The maximum atomic E-state index is 2.59. The summed E-state index contributed by atoms with van der Waals surface area (Å²) in [6, 6.07) is 165. The minimum atomic E-state index is -0.372. The topological polar surface area (TPSA) is 14.8 Å². The molecular formula is C128H79N3. The van der Waals surface area contributed by atoms with E-state index in [4.69, 9.17) is 0 Å². The van der Waals surface area contributed by atoms with Gasteiger partial charge in [0.1, 0.15) is 0 Å². The smallest absolute Gasteiger partial charge is 0.0726 e. The number of aromatic nitrogens is 3. The lowest BCUT2D eigenvalue weighted by Gasteiger charge is -2.30. The van der Waals surface area contributed by atoms with Gasteiger partial charge < -0.3 is 13.7 Å². The average Bonchev–Trinajstić information content (AvgIpc) is 1.51. The third kappa shape index (κ3) is 9.70. The fraction of sp³-hybridized carbons (Fsp3) is 0.0312. The zero-order valence-corrected chi connectivity index (χ0v) is 72.0. The standard InChI is InChI=1S/C47H27N.C41H27N.C40H25N/c1-2-13-31-30(12-1)36-17-9-11-28-23-26-43-46(44(28)36)45-37(31)18-10-22-42(45)48(43)29-24-25-35-34-16-5-8-21-40(34)47(41(35)27-29)38-19-6-3-14-32(38)33-15-4-7-20-39(33)47;1-41(2)32-19-8-7-16-31(32)37-33(41)23-25-11-3-4-13-26(25)40(37)42-34-20-10-18-30-28-15-6-5-14-27(28)29-17-9-12-24-21-22-35(42)39(36(24)29)38(30)34;1-2-10-26(11-3-1)30-13-4-5-14-31(30)27-20-23-29(24-21-27)41-36-19-9-18-35-33-16-7-6-15-32(33)34-17-8-12-28-22-25-37(41)40(38(28)34)39(35)36/h1-27H;3-23H,1-2H3;1-25H. The molecule has 0 saturated carbocycles. The normalized spacial score (nSPS) is 13.4. The summed E-state index contributed by atoms with van der Waals surface area (Å²) in [5, 5.41) is 18.6. The molecular weight excluding hydrogens is 1580 g/mol. The first-order chi connectivity index (χ1) is 64.8. The van der Waals surface area contributed by atoms with Crippen molar-refractivity contribution in [3.8, 4) is 139 Å². The minimum absolute atomic E-state index is 0.0845. The van der Waals surface area contributed by atoms with Gasteiger partial charge in [0.25, 0.3) is 0 Å². The predicted octanol–water partition coefficient (Wildman–Crippen LogP) is 33.9. The van der Waals surface area contributed by atoms with E-state index in [1.54, 1.807) is 0 Å². The second-order valence-electron chi connectivity index (χ2n) is 36.9. The van der Waals surface area contributed by atoms with Crippen LogP contribution in [0, 0.1) is 0 Å². The molecule has 0 unspecified atom stereocenters. The van der Waals surface area contributed by atoms with Gasteiger partial charge in [0.15, 0.2) is 0 Å². The molecule has 3 heteroatoms. The number of fused-ring (bicyclic) bond motifs is 23. The summed E-state index contributed by atoms with van der Waals surface area (Å²) in [5.74, 6) is 0. The Hall–Kier alpha value is -16.7. The molecule has 0 saturated heterocycles. The highest BCUT2D eigenvalue weighted by atomic mass is 15.0. The molecule has 6 aliphatic rings. The Labute approximate surface area is 757 Å². The van der Waals surface area contributed by atoms with Crippen molar-refractivity contribution < 1.29 is 0 Å². The van der Waals surface area contributed by atoms with E-state index in [1.807, 2.05) is 0 Å². The number of benzene rings is 22. The Bertz CT molecular complexity index is 9320. The molecule has 1 spiro atoms. The van der Waals surface area contributed by atoms with E-state index in [2.05, 4.69) is 470 Å². The largest absolute Gasteiger partial charge is 0.309 e. The molecule has 0 aliphatic heterocycles. The summed E-state index contributed by atoms with van der Waals surface area (Å²) in [4.78, 5) is 0. The maximum absolute atomic E-state index is 2.59. The number of rotatable bonds is 5. The molecule has 3 nitrogen and oxygen atoms in total. The summed E-state index contributed by atoms with van der Waals surface area (Å²) in [6.45, 7) is 4.77. The zero-order valence-electron chi connectivity index (χ0n) is 72.0. The van der Waals surface area contributed by atoms with Crippen molar-refractivity contribution in [1.29, 1.82) is 0 Å². The van der Waals surface area contributed by atoms with Crippen LogP contribution in [0.2, 0.25) is 0 Å². The second kappa shape index (κ2) is 26.9. The van der Waals surface area contributed by atoms with Gasteiger partial charge >= 0.3 is 0 Å². The van der Waals surface area contributed by atoms with Crippen LogP contribution >= 0.6 is 0 Å². The van der Waals surface area contributed by atoms with Gasteiger partial charge in [-0.1, -0.05) is 390 Å². The fourth-order valence-corrected chi connectivity index (χ4v) is 25.1. The van der Waals surface area contributed by atoms with Crippen LogP contribution in [-0.4, -0.2) is 13.7 Å². The van der Waals surface area contributed by atoms with Crippen LogP contribution in [0.5, 0.6) is 0 Å². The maximum Gasteiger partial charge on any atom is 0.0726 e. The van der Waals surface area contributed by atoms with Crippen LogP contribution in [0.4, 0.5) is 0 Å². The van der Waals surface area contributed by atoms with Gasteiger partial charge in [0.05, 0.1) is 44.2 Å². The highest BCUT2D eigenvalue weighted by Gasteiger charge is 2.52. The minimum Gasteiger partial charge on any atom is -0.309 e. The van der Waals surface area contributed by atoms with Gasteiger partial charge in [-0.15, -0.1) is 0 Å². The molecule has 0 fully saturated rings. The highest BCUT2D eigenvalue weighted by molar-refractivity contribution is 6.34. The summed E-state index contributed by atoms with van der Waals surface area (Å²) >= 11 is 0. The molecule has 3 heterocycles. The fourth-order valence-electron chi connectivity index (χ4n) is 25.1. The van der Waals surface area contributed by atoms with Crippen molar-refractivity contribution in [3.63, 3.8) is 0 Å². The molecule has 22 aromatic carbocycles. The van der Waals surface area contributed by atoms with Gasteiger partial charge in [-0.3, -0.25) is 0 Å². The van der Waals surface area contributed by atoms with Crippen molar-refractivity contribution >= 4 is 109 Å². The zero-order chi connectivity index (χ0) is 85.8. The van der Waals surface area contributed by atoms with Crippen LogP contribution in [0.25, 0.3) is 248 Å². The molecule has 25 aromatic rings. The van der Waals surface area contributed by atoms with E-state index in [9.17, 15) is 0 Å². The predicted molar refractivity (Wildman–Crippen MR) is 550 cm³/mol. The Kier molecular flexibility index (Phi) is 14.9. The number of hydrogen-bond donors (Lipinski definition) is 0. The van der Waals surface area contributed by atoms with Crippen LogP contribution < -0.4 is 0 Å². The molecule has 3 aromatic heterocycles. The lowest BCUT2D eigenvalue weighted by molar-refractivity contribution is 0.661. The molecule has 31 rings (SSSR count). The second-order valence-corrected chi connectivity index (χ2v) is 36.9. The van der Waals surface area contributed by atoms with Crippen molar-refractivity contribution in [1.82, 2.24) is 13.7 Å². The van der Waals surface area contributed by atoms with E-state index >= 15 is 0 Å². The van der Waals surface area contributed by atoms with Crippen molar-refractivity contribution in [3.05, 3.63) is 476 Å². The molecule has 6 aliphatic carbocycles. The Balaban J connectivity index is 0.0000000969. The quantitative estimate of drug-likeness (QED) is 0.163. The van der Waals surface area contributed by atoms with E-state index in [0.717, 1.165) is 0 Å². The van der Waals surface area contributed by atoms with Crippen LogP contribution in [0.3, 0.4) is 0 Å². The summed E-state index contributed by atoms with van der Waals surface area (Å²) in [6.07, 6.45) is 0. The van der Waals surface area contributed by atoms with Crippen molar-refractivity contribution in [2.75, 3.05) is 0 Å². The van der Waals surface area contributed by atoms with Crippen molar-refractivity contribution in [2.45, 2.75) is 24.7 Å². The molecule has 131 heavy (non-hydrogen) atoms. The van der Waals surface area contributed by atoms with Gasteiger partial charge in [0, 0.05) is 60.1 Å². The van der Waals surface area contributed by atoms with E-state index in [-0.39, 0.29) is 10.8 Å². The van der Waals surface area contributed by atoms with E-state index in [0.29, 0.717) is 0 Å². The molecule has 0 bridgehead atoms. The highest BCUT2D eigenvalue weighted by Crippen LogP contribution is 2.65. The third-order valence-corrected chi connectivity index (χ3v) is 30.4. The molecule has 0 atom stereocenters. The average molecular weight is 1660 g/mol. The Morgan fingerprint density at radius 2 is 0.481 bits per heavy atom.